The van der Waals surface area contributed by atoms with Gasteiger partial charge in [0.05, 0.1) is 0 Å². The fourth-order valence-electron chi connectivity index (χ4n) is 2.59. The monoisotopic (exact) mass is 153 g/mol. The molecule has 2 rings (SSSR count). The van der Waals surface area contributed by atoms with Gasteiger partial charge in [-0.25, -0.2) is 0 Å². The van der Waals surface area contributed by atoms with Gasteiger partial charge >= 0.3 is 0 Å². The summed E-state index contributed by atoms with van der Waals surface area (Å²) in [6, 6.07) is 0. The van der Waals surface area contributed by atoms with Crippen LogP contribution in [0, 0.1) is 17.8 Å². The molecule has 0 aromatic heterocycles. The van der Waals surface area contributed by atoms with Crippen LogP contribution < -0.4 is 5.32 Å². The molecular weight excluding hydrogens is 134 g/mol. The van der Waals surface area contributed by atoms with Gasteiger partial charge in [-0.1, -0.05) is 13.3 Å². The van der Waals surface area contributed by atoms with Crippen LogP contribution in [0.4, 0.5) is 0 Å². The summed E-state index contributed by atoms with van der Waals surface area (Å²) in [5.74, 6) is 3.32. The first-order valence-electron chi connectivity index (χ1n) is 5.12. The van der Waals surface area contributed by atoms with Crippen molar-refractivity contribution in [2.24, 2.45) is 17.8 Å². The van der Waals surface area contributed by atoms with E-state index in [0.29, 0.717) is 0 Å². The van der Waals surface area contributed by atoms with Crippen LogP contribution in [0.1, 0.15) is 32.6 Å². The van der Waals surface area contributed by atoms with Gasteiger partial charge in [-0.05, 0) is 50.1 Å². The number of nitrogens with one attached hydrogen (secondary N) is 1. The van der Waals surface area contributed by atoms with E-state index in [-0.39, 0.29) is 0 Å². The molecule has 2 unspecified atom stereocenters. The summed E-state index contributed by atoms with van der Waals surface area (Å²) < 4.78 is 0. The molecule has 64 valence electrons. The van der Waals surface area contributed by atoms with Crippen LogP contribution in [0.25, 0.3) is 0 Å². The third-order valence-electron chi connectivity index (χ3n) is 3.49. The van der Waals surface area contributed by atoms with Crippen LogP contribution in [-0.4, -0.2) is 13.1 Å². The lowest BCUT2D eigenvalue weighted by Gasteiger charge is -2.22. The Hall–Kier alpha value is -0.0400. The van der Waals surface area contributed by atoms with Crippen LogP contribution in [-0.2, 0) is 0 Å². The van der Waals surface area contributed by atoms with Crippen LogP contribution in [0.5, 0.6) is 0 Å². The lowest BCUT2D eigenvalue weighted by atomic mass is 9.91. The molecule has 1 heterocycles. The predicted molar refractivity (Wildman–Crippen MR) is 47.5 cm³/mol. The molecule has 0 aromatic rings. The zero-order valence-corrected chi connectivity index (χ0v) is 7.47. The van der Waals surface area contributed by atoms with Crippen LogP contribution in [0.2, 0.25) is 0 Å². The maximum Gasteiger partial charge on any atom is -0.00462 e. The molecule has 1 aliphatic heterocycles. The molecule has 0 aromatic carbocycles. The minimum absolute atomic E-state index is 1.08. The summed E-state index contributed by atoms with van der Waals surface area (Å²) in [5, 5.41) is 3.43. The summed E-state index contributed by atoms with van der Waals surface area (Å²) in [5.41, 5.74) is 0. The highest BCUT2D eigenvalue weighted by atomic mass is 14.9. The Morgan fingerprint density at radius 2 is 2.00 bits per heavy atom. The highest BCUT2D eigenvalue weighted by molar-refractivity contribution is 4.91. The first-order chi connectivity index (χ1) is 5.42. The molecular formula is C10H19N. The molecule has 0 bridgehead atoms. The van der Waals surface area contributed by atoms with Gasteiger partial charge in [-0.2, -0.15) is 0 Å². The molecule has 0 radical (unpaired) electrons. The van der Waals surface area contributed by atoms with E-state index in [9.17, 15) is 0 Å². The van der Waals surface area contributed by atoms with E-state index in [1.807, 2.05) is 0 Å². The smallest absolute Gasteiger partial charge is 0.00462 e. The molecule has 0 spiro atoms. The fraction of sp³-hybridized carbons (Fsp3) is 1.00. The number of hydrogen-bond acceptors (Lipinski definition) is 1. The Morgan fingerprint density at radius 3 is 2.55 bits per heavy atom. The zero-order valence-electron chi connectivity index (χ0n) is 7.47. The lowest BCUT2D eigenvalue weighted by molar-refractivity contribution is 0.322. The van der Waals surface area contributed by atoms with E-state index in [1.165, 1.54) is 32.4 Å². The predicted octanol–water partition coefficient (Wildman–Crippen LogP) is 2.03. The molecule has 1 saturated carbocycles. The fourth-order valence-corrected chi connectivity index (χ4v) is 2.59. The Bertz CT molecular complexity index is 127. The standard InChI is InChI=1S/C10H19N/c1-2-8-7-10(8)9-3-5-11-6-4-9/h8-11H,2-7H2,1H3. The molecule has 2 fully saturated rings. The van der Waals surface area contributed by atoms with Crippen LogP contribution in [0.15, 0.2) is 0 Å². The van der Waals surface area contributed by atoms with Crippen molar-refractivity contribution in [2.45, 2.75) is 32.6 Å². The second-order valence-corrected chi connectivity index (χ2v) is 4.16. The molecule has 11 heavy (non-hydrogen) atoms. The van der Waals surface area contributed by atoms with Crippen LogP contribution >= 0.6 is 0 Å². The third kappa shape index (κ3) is 1.58. The van der Waals surface area contributed by atoms with Gasteiger partial charge < -0.3 is 5.32 Å². The quantitative estimate of drug-likeness (QED) is 0.640. The minimum atomic E-state index is 1.08. The van der Waals surface area contributed by atoms with Crippen molar-refractivity contribution in [3.63, 3.8) is 0 Å². The molecule has 1 aliphatic carbocycles. The molecule has 1 nitrogen and oxygen atoms in total. The van der Waals surface area contributed by atoms with Crippen molar-refractivity contribution < 1.29 is 0 Å². The van der Waals surface area contributed by atoms with Crippen molar-refractivity contribution in [3.05, 3.63) is 0 Å². The van der Waals surface area contributed by atoms with E-state index in [4.69, 9.17) is 0 Å². The van der Waals surface area contributed by atoms with Gasteiger partial charge in [0.2, 0.25) is 0 Å². The number of piperidine rings is 1. The Kier molecular flexibility index (Phi) is 2.17. The Labute approximate surface area is 69.6 Å². The van der Waals surface area contributed by atoms with Crippen LogP contribution in [0.3, 0.4) is 0 Å². The molecule has 1 N–H and O–H groups in total. The molecule has 1 heteroatoms. The van der Waals surface area contributed by atoms with E-state index < -0.39 is 0 Å². The van der Waals surface area contributed by atoms with Crippen molar-refractivity contribution in [3.8, 4) is 0 Å². The lowest BCUT2D eigenvalue weighted by Crippen LogP contribution is -2.28. The van der Waals surface area contributed by atoms with Gasteiger partial charge in [0.1, 0.15) is 0 Å². The second kappa shape index (κ2) is 3.14. The van der Waals surface area contributed by atoms with Gasteiger partial charge in [0.25, 0.3) is 0 Å². The van der Waals surface area contributed by atoms with E-state index in [0.717, 1.165) is 17.8 Å². The molecule has 1 saturated heterocycles. The van der Waals surface area contributed by atoms with E-state index in [1.54, 1.807) is 6.42 Å². The van der Waals surface area contributed by atoms with Gasteiger partial charge in [0.15, 0.2) is 0 Å². The average Bonchev–Trinajstić information content (AvgIpc) is 2.85. The summed E-state index contributed by atoms with van der Waals surface area (Å²) in [6.45, 7) is 4.89. The minimum Gasteiger partial charge on any atom is -0.317 e. The number of hydrogen-bond donors (Lipinski definition) is 1. The third-order valence-corrected chi connectivity index (χ3v) is 3.49. The first-order valence-corrected chi connectivity index (χ1v) is 5.12. The summed E-state index contributed by atoms with van der Waals surface area (Å²) in [4.78, 5) is 0. The second-order valence-electron chi connectivity index (χ2n) is 4.16. The highest BCUT2D eigenvalue weighted by Crippen LogP contribution is 2.48. The van der Waals surface area contributed by atoms with E-state index >= 15 is 0 Å². The van der Waals surface area contributed by atoms with Crippen molar-refractivity contribution >= 4 is 0 Å². The maximum absolute atomic E-state index is 3.43. The topological polar surface area (TPSA) is 12.0 Å². The average molecular weight is 153 g/mol. The van der Waals surface area contributed by atoms with Crippen molar-refractivity contribution in [2.75, 3.05) is 13.1 Å². The van der Waals surface area contributed by atoms with Gasteiger partial charge in [0, 0.05) is 0 Å². The number of rotatable bonds is 2. The highest BCUT2D eigenvalue weighted by Gasteiger charge is 2.41. The molecule has 2 aliphatic rings. The van der Waals surface area contributed by atoms with Crippen molar-refractivity contribution in [1.82, 2.24) is 5.32 Å². The zero-order chi connectivity index (χ0) is 7.68. The first kappa shape index (κ1) is 7.60. The largest absolute Gasteiger partial charge is 0.317 e. The summed E-state index contributed by atoms with van der Waals surface area (Å²) in [7, 11) is 0. The Balaban J connectivity index is 1.77. The van der Waals surface area contributed by atoms with Crippen molar-refractivity contribution in [1.29, 1.82) is 0 Å². The molecule has 0 amide bonds. The summed E-state index contributed by atoms with van der Waals surface area (Å²) >= 11 is 0. The SMILES string of the molecule is CCC1CC1C1CCNCC1. The van der Waals surface area contributed by atoms with Gasteiger partial charge in [-0.3, -0.25) is 0 Å². The maximum atomic E-state index is 3.43. The van der Waals surface area contributed by atoms with Gasteiger partial charge in [-0.15, -0.1) is 0 Å². The molecule has 2 atom stereocenters. The normalized spacial score (nSPS) is 39.0. The summed E-state index contributed by atoms with van der Waals surface area (Å²) in [6.07, 6.45) is 5.86. The Morgan fingerprint density at radius 1 is 1.27 bits per heavy atom. The van der Waals surface area contributed by atoms with E-state index in [2.05, 4.69) is 12.2 Å².